The third-order valence-electron chi connectivity index (χ3n) is 5.17. The van der Waals surface area contributed by atoms with Crippen LogP contribution in [0.2, 0.25) is 0 Å². The van der Waals surface area contributed by atoms with Gasteiger partial charge in [0.15, 0.2) is 0 Å². The van der Waals surface area contributed by atoms with Crippen molar-refractivity contribution in [2.75, 3.05) is 34.0 Å². The fourth-order valence-electron chi connectivity index (χ4n) is 3.53. The average Bonchev–Trinajstić information content (AvgIpc) is 2.65. The molecule has 0 spiro atoms. The van der Waals surface area contributed by atoms with Gasteiger partial charge in [-0.05, 0) is 6.42 Å². The van der Waals surface area contributed by atoms with E-state index >= 15 is 0 Å². The lowest BCUT2D eigenvalue weighted by molar-refractivity contribution is -0.256. The van der Waals surface area contributed by atoms with Crippen molar-refractivity contribution in [1.29, 1.82) is 0 Å². The molecule has 0 bridgehead atoms. The van der Waals surface area contributed by atoms with Crippen LogP contribution >= 0.6 is 0 Å². The highest BCUT2D eigenvalue weighted by molar-refractivity contribution is 4.94. The van der Waals surface area contributed by atoms with Crippen LogP contribution in [0.1, 0.15) is 13.3 Å². The lowest BCUT2D eigenvalue weighted by Gasteiger charge is -2.42. The van der Waals surface area contributed by atoms with E-state index in [-0.39, 0.29) is 19.8 Å². The Labute approximate surface area is 158 Å². The van der Waals surface area contributed by atoms with Crippen LogP contribution in [-0.4, -0.2) is 121 Å². The number of hydrogen-bond acceptors (Lipinski definition) is 10. The van der Waals surface area contributed by atoms with E-state index in [0.29, 0.717) is 6.42 Å². The molecule has 0 saturated carbocycles. The Balaban J connectivity index is 1.91. The van der Waals surface area contributed by atoms with E-state index in [1.54, 1.807) is 6.92 Å². The molecule has 0 aromatic rings. The largest absolute Gasteiger partial charge is 0.388 e. The average molecular weight is 396 g/mol. The van der Waals surface area contributed by atoms with Gasteiger partial charge in [0.2, 0.25) is 0 Å². The molecule has 2 saturated heterocycles. The van der Waals surface area contributed by atoms with Crippen molar-refractivity contribution in [2.45, 2.75) is 74.4 Å². The maximum absolute atomic E-state index is 10.3. The molecule has 2 aliphatic heterocycles. The van der Waals surface area contributed by atoms with Crippen LogP contribution in [0.25, 0.3) is 0 Å². The molecule has 0 amide bonds. The lowest BCUT2D eigenvalue weighted by atomic mass is 9.94. The third-order valence-corrected chi connectivity index (χ3v) is 5.17. The van der Waals surface area contributed by atoms with E-state index in [4.69, 9.17) is 23.7 Å². The Morgan fingerprint density at radius 1 is 0.667 bits per heavy atom. The van der Waals surface area contributed by atoms with E-state index in [9.17, 15) is 25.5 Å². The van der Waals surface area contributed by atoms with Crippen molar-refractivity contribution in [1.82, 2.24) is 0 Å². The van der Waals surface area contributed by atoms with Crippen LogP contribution in [0.3, 0.4) is 0 Å². The second kappa shape index (κ2) is 10.4. The summed E-state index contributed by atoms with van der Waals surface area (Å²) in [5.41, 5.74) is 0. The first-order valence-electron chi connectivity index (χ1n) is 9.16. The van der Waals surface area contributed by atoms with E-state index in [1.165, 1.54) is 14.2 Å². The Kier molecular flexibility index (Phi) is 8.81. The Morgan fingerprint density at radius 3 is 1.67 bits per heavy atom. The minimum absolute atomic E-state index is 0.0457. The van der Waals surface area contributed by atoms with Gasteiger partial charge in [-0.3, -0.25) is 0 Å². The topological polar surface area (TPSA) is 147 Å². The molecular formula is C17H32O10. The summed E-state index contributed by atoms with van der Waals surface area (Å²) in [6.07, 6.45) is -9.24. The molecule has 0 radical (unpaired) electrons. The zero-order valence-corrected chi connectivity index (χ0v) is 15.9. The van der Waals surface area contributed by atoms with E-state index < -0.39 is 61.0 Å². The number of aliphatic hydroxyl groups excluding tert-OH is 5. The minimum atomic E-state index is -1.33. The molecule has 0 aromatic carbocycles. The van der Waals surface area contributed by atoms with Gasteiger partial charge in [-0.25, -0.2) is 0 Å². The lowest BCUT2D eigenvalue weighted by Crippen LogP contribution is -2.61. The summed E-state index contributed by atoms with van der Waals surface area (Å²) in [4.78, 5) is 0. The molecule has 2 fully saturated rings. The highest BCUT2D eigenvalue weighted by atomic mass is 16.6. The Bertz CT molecular complexity index is 436. The molecule has 0 aromatic heterocycles. The van der Waals surface area contributed by atoms with E-state index in [1.807, 2.05) is 0 Å². The smallest absolute Gasteiger partial charge is 0.114 e. The molecule has 2 aliphatic rings. The monoisotopic (exact) mass is 396 g/mol. The zero-order valence-electron chi connectivity index (χ0n) is 15.9. The predicted octanol–water partition coefficient (Wildman–Crippen LogP) is -2.59. The van der Waals surface area contributed by atoms with Crippen LogP contribution < -0.4 is 0 Å². The first-order chi connectivity index (χ1) is 12.8. The SMILES string of the molecule is CC[C@H]1O[C@@H](COC[C@H]2O[C@@H](COC)[C@@H](O)[C@@H](OC)[C@H]2O)[C@@H](O)[C@@H](O)[C@H]1O. The molecule has 160 valence electrons. The van der Waals surface area contributed by atoms with Crippen molar-refractivity contribution in [3.63, 3.8) is 0 Å². The normalized spacial score (nSPS) is 45.8. The van der Waals surface area contributed by atoms with Gasteiger partial charge in [0, 0.05) is 14.2 Å². The van der Waals surface area contributed by atoms with Gasteiger partial charge in [-0.15, -0.1) is 0 Å². The van der Waals surface area contributed by atoms with Gasteiger partial charge in [0.05, 0.1) is 25.9 Å². The number of rotatable bonds is 8. The molecule has 0 aliphatic carbocycles. The van der Waals surface area contributed by atoms with Crippen LogP contribution in [-0.2, 0) is 23.7 Å². The third kappa shape index (κ3) is 5.15. The van der Waals surface area contributed by atoms with Crippen LogP contribution in [0, 0.1) is 0 Å². The Hall–Kier alpha value is -0.400. The van der Waals surface area contributed by atoms with Crippen molar-refractivity contribution >= 4 is 0 Å². The molecular weight excluding hydrogens is 364 g/mol. The van der Waals surface area contributed by atoms with Crippen molar-refractivity contribution in [2.24, 2.45) is 0 Å². The molecule has 10 heteroatoms. The summed E-state index contributed by atoms with van der Waals surface area (Å²) in [5, 5.41) is 50.4. The summed E-state index contributed by atoms with van der Waals surface area (Å²) in [6, 6.07) is 0. The van der Waals surface area contributed by atoms with Crippen molar-refractivity contribution < 1.29 is 49.2 Å². The second-order valence-electron chi connectivity index (χ2n) is 6.98. The van der Waals surface area contributed by atoms with Gasteiger partial charge in [-0.2, -0.15) is 0 Å². The summed E-state index contributed by atoms with van der Waals surface area (Å²) in [5.74, 6) is 0. The standard InChI is InChI=1S/C17H32O10/c1-4-8-12(18)16(22)13(19)10(26-8)6-25-7-11-15(21)17(24-3)14(20)9(27-11)5-23-2/h8-22H,4-7H2,1-3H3/t8-,9+,10+,11-,12+,13-,14-,15+,16+,17-/m1/s1. The quantitative estimate of drug-likeness (QED) is 0.296. The fourth-order valence-corrected chi connectivity index (χ4v) is 3.53. The minimum Gasteiger partial charge on any atom is -0.388 e. The summed E-state index contributed by atoms with van der Waals surface area (Å²) < 4.78 is 27.0. The maximum atomic E-state index is 10.3. The van der Waals surface area contributed by atoms with Crippen LogP contribution in [0.5, 0.6) is 0 Å². The van der Waals surface area contributed by atoms with Gasteiger partial charge in [0.25, 0.3) is 0 Å². The highest BCUT2D eigenvalue weighted by Crippen LogP contribution is 2.26. The number of hydrogen-bond donors (Lipinski definition) is 5. The highest BCUT2D eigenvalue weighted by Gasteiger charge is 2.46. The van der Waals surface area contributed by atoms with E-state index in [2.05, 4.69) is 0 Å². The maximum Gasteiger partial charge on any atom is 0.114 e. The van der Waals surface area contributed by atoms with Gasteiger partial charge >= 0.3 is 0 Å². The van der Waals surface area contributed by atoms with Crippen molar-refractivity contribution in [3.8, 4) is 0 Å². The summed E-state index contributed by atoms with van der Waals surface area (Å²) in [6.45, 7) is 1.81. The van der Waals surface area contributed by atoms with Crippen molar-refractivity contribution in [3.05, 3.63) is 0 Å². The first kappa shape index (κ1) is 22.9. The van der Waals surface area contributed by atoms with Gasteiger partial charge in [-0.1, -0.05) is 6.92 Å². The van der Waals surface area contributed by atoms with E-state index in [0.717, 1.165) is 0 Å². The molecule has 5 N–H and O–H groups in total. The Morgan fingerprint density at radius 2 is 1.15 bits per heavy atom. The molecule has 10 atom stereocenters. The molecule has 0 unspecified atom stereocenters. The summed E-state index contributed by atoms with van der Waals surface area (Å²) >= 11 is 0. The first-order valence-corrected chi connectivity index (χ1v) is 9.16. The van der Waals surface area contributed by atoms with Gasteiger partial charge < -0.3 is 49.2 Å². The predicted molar refractivity (Wildman–Crippen MR) is 91.1 cm³/mol. The number of aliphatic hydroxyl groups is 5. The zero-order chi connectivity index (χ0) is 20.1. The number of methoxy groups -OCH3 is 2. The molecule has 2 rings (SSSR count). The molecule has 27 heavy (non-hydrogen) atoms. The fraction of sp³-hybridized carbons (Fsp3) is 1.00. The molecule has 10 nitrogen and oxygen atoms in total. The van der Waals surface area contributed by atoms with Gasteiger partial charge in [0.1, 0.15) is 54.9 Å². The molecule has 2 heterocycles. The summed E-state index contributed by atoms with van der Waals surface area (Å²) in [7, 11) is 2.86. The van der Waals surface area contributed by atoms with Crippen LogP contribution in [0.4, 0.5) is 0 Å². The number of ether oxygens (including phenoxy) is 5. The second-order valence-corrected chi connectivity index (χ2v) is 6.98. The van der Waals surface area contributed by atoms with Crippen LogP contribution in [0.15, 0.2) is 0 Å².